The molecule has 2 heterocycles. The molecule has 0 fully saturated rings. The lowest BCUT2D eigenvalue weighted by molar-refractivity contribution is -0.274. The van der Waals surface area contributed by atoms with E-state index in [0.717, 1.165) is 23.9 Å². The number of nitrogens with zero attached hydrogens (tertiary/aromatic N) is 3. The van der Waals surface area contributed by atoms with E-state index in [2.05, 4.69) is 14.6 Å². The van der Waals surface area contributed by atoms with E-state index < -0.39 is 35.5 Å². The van der Waals surface area contributed by atoms with Crippen molar-refractivity contribution >= 4 is 11.8 Å². The van der Waals surface area contributed by atoms with Crippen molar-refractivity contribution in [3.63, 3.8) is 0 Å². The van der Waals surface area contributed by atoms with Crippen molar-refractivity contribution in [1.82, 2.24) is 9.78 Å². The minimum absolute atomic E-state index is 0.0465. The van der Waals surface area contributed by atoms with Crippen LogP contribution < -0.4 is 9.64 Å². The van der Waals surface area contributed by atoms with E-state index in [0.29, 0.717) is 5.56 Å². The molecule has 0 saturated heterocycles. The van der Waals surface area contributed by atoms with Gasteiger partial charge < -0.3 is 14.4 Å². The van der Waals surface area contributed by atoms with Crippen LogP contribution in [0.15, 0.2) is 24.3 Å². The van der Waals surface area contributed by atoms with E-state index in [1.807, 2.05) is 13.8 Å². The van der Waals surface area contributed by atoms with Crippen LogP contribution in [-0.4, -0.2) is 35.8 Å². The van der Waals surface area contributed by atoms with Crippen molar-refractivity contribution in [2.75, 3.05) is 18.6 Å². The maximum Gasteiger partial charge on any atom is 0.573 e. The van der Waals surface area contributed by atoms with Crippen molar-refractivity contribution < 1.29 is 40.6 Å². The molecule has 0 aliphatic carbocycles. The molecule has 166 valence electrons. The molecule has 1 aliphatic heterocycles. The molecule has 1 aliphatic rings. The van der Waals surface area contributed by atoms with Gasteiger partial charge in [0.25, 0.3) is 0 Å². The van der Waals surface area contributed by atoms with Gasteiger partial charge in [0.05, 0.1) is 13.7 Å². The van der Waals surface area contributed by atoms with Gasteiger partial charge in [0.15, 0.2) is 5.69 Å². The van der Waals surface area contributed by atoms with Crippen LogP contribution in [0.2, 0.25) is 0 Å². The van der Waals surface area contributed by atoms with Crippen LogP contribution in [0.1, 0.15) is 35.5 Å². The van der Waals surface area contributed by atoms with Gasteiger partial charge in [0.2, 0.25) is 0 Å². The highest BCUT2D eigenvalue weighted by Gasteiger charge is 2.44. The summed E-state index contributed by atoms with van der Waals surface area (Å²) in [6, 6.07) is 4.89. The molecule has 1 aromatic heterocycles. The van der Waals surface area contributed by atoms with Crippen LogP contribution in [0.3, 0.4) is 0 Å². The van der Waals surface area contributed by atoms with Crippen molar-refractivity contribution in [3.8, 4) is 5.75 Å². The van der Waals surface area contributed by atoms with Gasteiger partial charge in [-0.2, -0.15) is 18.3 Å². The molecule has 0 saturated carbocycles. The number of ether oxygens (including phenoxy) is 2. The Bertz CT molecular complexity index is 875. The Morgan fingerprint density at radius 2 is 1.67 bits per heavy atom. The molecule has 0 amide bonds. The average molecular weight is 439 g/mol. The smallest absolute Gasteiger partial charge is 0.465 e. The lowest BCUT2D eigenvalue weighted by Crippen LogP contribution is -2.23. The van der Waals surface area contributed by atoms with Gasteiger partial charge in [-0.25, -0.2) is 9.48 Å². The van der Waals surface area contributed by atoms with Crippen molar-refractivity contribution in [2.45, 2.75) is 39.5 Å². The van der Waals surface area contributed by atoms with Gasteiger partial charge >= 0.3 is 18.5 Å². The molecule has 6 nitrogen and oxygen atoms in total. The van der Waals surface area contributed by atoms with Crippen LogP contribution in [-0.2, 0) is 24.0 Å². The molecule has 0 radical (unpaired) electrons. The molecule has 1 aromatic carbocycles. The zero-order valence-corrected chi connectivity index (χ0v) is 16.3. The second-order valence-corrected chi connectivity index (χ2v) is 5.87. The third kappa shape index (κ3) is 5.16. The normalized spacial score (nSPS) is 13.4. The third-order valence-corrected chi connectivity index (χ3v) is 4.00. The van der Waals surface area contributed by atoms with Gasteiger partial charge in [-0.1, -0.05) is 26.0 Å². The summed E-state index contributed by atoms with van der Waals surface area (Å²) in [4.78, 5) is 13.4. The predicted octanol–water partition coefficient (Wildman–Crippen LogP) is 4.63. The Hall–Kier alpha value is -2.92. The Morgan fingerprint density at radius 3 is 2.17 bits per heavy atom. The molecule has 12 heteroatoms. The number of carbonyl (C=O) groups excluding carboxylic acids is 1. The number of alkyl halides is 6. The zero-order chi connectivity index (χ0) is 22.7. The molecule has 30 heavy (non-hydrogen) atoms. The highest BCUT2D eigenvalue weighted by molar-refractivity contribution is 5.96. The Labute approximate surface area is 168 Å². The van der Waals surface area contributed by atoms with Gasteiger partial charge in [-0.15, -0.1) is 13.2 Å². The van der Waals surface area contributed by atoms with E-state index >= 15 is 0 Å². The third-order valence-electron chi connectivity index (χ3n) is 4.00. The van der Waals surface area contributed by atoms with Crippen LogP contribution in [0, 0.1) is 0 Å². The summed E-state index contributed by atoms with van der Waals surface area (Å²) in [6.07, 6.45) is -9.67. The molecule has 3 rings (SSSR count). The maximum absolute atomic E-state index is 13.2. The zero-order valence-electron chi connectivity index (χ0n) is 16.3. The SMILES string of the molecule is CC.COC(=O)c1c(C(F)(F)F)nn2c1N(Cc1ccc(OC(F)(F)F)cc1)CC2. The lowest BCUT2D eigenvalue weighted by Gasteiger charge is -2.19. The van der Waals surface area contributed by atoms with Crippen molar-refractivity contribution in [3.05, 3.63) is 41.1 Å². The van der Waals surface area contributed by atoms with Crippen LogP contribution in [0.5, 0.6) is 5.75 Å². The van der Waals surface area contributed by atoms with E-state index in [1.54, 1.807) is 0 Å². The van der Waals surface area contributed by atoms with Gasteiger partial charge in [-0.3, -0.25) is 0 Å². The van der Waals surface area contributed by atoms with E-state index in [9.17, 15) is 31.1 Å². The largest absolute Gasteiger partial charge is 0.573 e. The first-order valence-electron chi connectivity index (χ1n) is 8.85. The first-order valence-corrected chi connectivity index (χ1v) is 8.85. The number of carbonyl (C=O) groups is 1. The number of hydrogen-bond acceptors (Lipinski definition) is 5. The summed E-state index contributed by atoms with van der Waals surface area (Å²) >= 11 is 0. The number of halogens is 6. The minimum atomic E-state index is -4.84. The van der Waals surface area contributed by atoms with Crippen LogP contribution in [0.25, 0.3) is 0 Å². The highest BCUT2D eigenvalue weighted by Crippen LogP contribution is 2.38. The quantitative estimate of drug-likeness (QED) is 0.514. The monoisotopic (exact) mass is 439 g/mol. The second-order valence-electron chi connectivity index (χ2n) is 5.87. The van der Waals surface area contributed by atoms with E-state index in [-0.39, 0.29) is 25.5 Å². The second kappa shape index (κ2) is 8.84. The summed E-state index contributed by atoms with van der Waals surface area (Å²) in [5.41, 5.74) is -1.52. The summed E-state index contributed by atoms with van der Waals surface area (Å²) in [5, 5.41) is 3.48. The number of hydrogen-bond donors (Lipinski definition) is 0. The summed E-state index contributed by atoms with van der Waals surface area (Å²) in [7, 11) is 0.964. The molecule has 2 aromatic rings. The maximum atomic E-state index is 13.2. The molecular weight excluding hydrogens is 420 g/mol. The number of aromatic nitrogens is 2. The molecule has 0 bridgehead atoms. The number of benzene rings is 1. The van der Waals surface area contributed by atoms with Gasteiger partial charge in [0, 0.05) is 13.1 Å². The first-order chi connectivity index (χ1) is 14.0. The Kier molecular flexibility index (Phi) is 6.88. The Balaban J connectivity index is 0.00000155. The number of methoxy groups -OCH3 is 1. The van der Waals surface area contributed by atoms with Crippen molar-refractivity contribution in [1.29, 1.82) is 0 Å². The minimum Gasteiger partial charge on any atom is -0.465 e. The number of fused-ring (bicyclic) bond motifs is 1. The van der Waals surface area contributed by atoms with E-state index in [1.165, 1.54) is 17.0 Å². The fraction of sp³-hybridized carbons (Fsp3) is 0.444. The molecule has 0 spiro atoms. The summed E-state index contributed by atoms with van der Waals surface area (Å²) in [5.74, 6) is -1.64. The first kappa shape index (κ1) is 23.4. The fourth-order valence-electron chi connectivity index (χ4n) is 2.91. The molecule has 0 atom stereocenters. The summed E-state index contributed by atoms with van der Waals surface area (Å²) < 4.78 is 85.6. The number of rotatable bonds is 4. The average Bonchev–Trinajstić information content (AvgIpc) is 3.23. The molecular formula is C18H19F6N3O3. The predicted molar refractivity (Wildman–Crippen MR) is 94.1 cm³/mol. The summed E-state index contributed by atoms with van der Waals surface area (Å²) in [6.45, 7) is 4.44. The molecule has 0 unspecified atom stereocenters. The standard InChI is InChI=1S/C16H13F6N3O3.C2H6/c1-27-14(26)11-12(15(17,18)19)23-25-7-6-24(13(11)25)8-9-2-4-10(5-3-9)28-16(20,21)22;1-2/h2-5H,6-8H2,1H3;1-2H3. The van der Waals surface area contributed by atoms with Crippen LogP contribution in [0.4, 0.5) is 32.2 Å². The molecule has 0 N–H and O–H groups in total. The van der Waals surface area contributed by atoms with Gasteiger partial charge in [0.1, 0.15) is 17.1 Å². The number of anilines is 1. The van der Waals surface area contributed by atoms with Crippen LogP contribution >= 0.6 is 0 Å². The fourth-order valence-corrected chi connectivity index (χ4v) is 2.91. The highest BCUT2D eigenvalue weighted by atomic mass is 19.4. The van der Waals surface area contributed by atoms with E-state index in [4.69, 9.17) is 0 Å². The van der Waals surface area contributed by atoms with Gasteiger partial charge in [-0.05, 0) is 17.7 Å². The lowest BCUT2D eigenvalue weighted by atomic mass is 10.1. The topological polar surface area (TPSA) is 56.6 Å². The van der Waals surface area contributed by atoms with Crippen molar-refractivity contribution in [2.24, 2.45) is 0 Å². The Morgan fingerprint density at radius 1 is 1.07 bits per heavy atom. The number of esters is 1.